The molecule has 0 aliphatic carbocycles. The van der Waals surface area contributed by atoms with Gasteiger partial charge in [0, 0.05) is 5.56 Å². The molecular weight excluding hydrogens is 344 g/mol. The van der Waals surface area contributed by atoms with Crippen molar-refractivity contribution < 1.29 is 9.90 Å². The highest BCUT2D eigenvalue weighted by Crippen LogP contribution is 2.29. The number of aromatic nitrogens is 1. The van der Waals surface area contributed by atoms with E-state index in [0.717, 1.165) is 11.1 Å². The molecule has 1 aliphatic rings. The number of aryl methyl sites for hydroxylation is 2. The molecule has 0 radical (unpaired) electrons. The third-order valence-electron chi connectivity index (χ3n) is 4.69. The monoisotopic (exact) mass is 362 g/mol. The van der Waals surface area contributed by atoms with Gasteiger partial charge in [0.15, 0.2) is 5.88 Å². The molecule has 1 aromatic carbocycles. The van der Waals surface area contributed by atoms with Crippen molar-refractivity contribution in [3.05, 3.63) is 61.9 Å². The van der Waals surface area contributed by atoms with Crippen LogP contribution < -0.4 is 10.6 Å². The van der Waals surface area contributed by atoms with E-state index < -0.39 is 11.4 Å². The van der Waals surface area contributed by atoms with Crippen LogP contribution in [0.25, 0.3) is 6.08 Å². The Kier molecular flexibility index (Phi) is 4.42. The van der Waals surface area contributed by atoms with E-state index in [1.807, 2.05) is 38.1 Å². The van der Waals surface area contributed by atoms with Gasteiger partial charge in [0.1, 0.15) is 11.6 Å². The van der Waals surface area contributed by atoms with Crippen molar-refractivity contribution in [1.82, 2.24) is 4.98 Å². The smallest absolute Gasteiger partial charge is 0.280 e. The predicted molar refractivity (Wildman–Crippen MR) is 103 cm³/mol. The zero-order valence-corrected chi connectivity index (χ0v) is 15.4. The third kappa shape index (κ3) is 3.02. The number of rotatable bonds is 2. The van der Waals surface area contributed by atoms with Crippen molar-refractivity contribution in [1.29, 1.82) is 5.26 Å². The van der Waals surface area contributed by atoms with Crippen LogP contribution in [-0.2, 0) is 4.79 Å². The molecule has 0 fully saturated rings. The molecule has 0 saturated carbocycles. The van der Waals surface area contributed by atoms with Gasteiger partial charge < -0.3 is 5.11 Å². The molecule has 7 heteroatoms. The number of hydrogen-bond acceptors (Lipinski definition) is 5. The van der Waals surface area contributed by atoms with Crippen LogP contribution in [0.4, 0.5) is 5.69 Å². The molecule has 7 nitrogen and oxygen atoms in total. The van der Waals surface area contributed by atoms with E-state index >= 15 is 0 Å². The van der Waals surface area contributed by atoms with Crippen LogP contribution in [0.5, 0.6) is 5.88 Å². The Morgan fingerprint density at radius 1 is 1.19 bits per heavy atom. The molecule has 0 unspecified atom stereocenters. The van der Waals surface area contributed by atoms with E-state index in [0.29, 0.717) is 17.0 Å². The molecule has 2 aromatic rings. The van der Waals surface area contributed by atoms with Crippen LogP contribution in [-0.4, -0.2) is 21.7 Å². The third-order valence-corrected chi connectivity index (χ3v) is 4.69. The highest BCUT2D eigenvalue weighted by atomic mass is 16.3. The van der Waals surface area contributed by atoms with Gasteiger partial charge in [-0.3, -0.25) is 14.6 Å². The molecule has 1 amide bonds. The number of nitriles is 1. The molecule has 2 N–H and O–H groups in total. The van der Waals surface area contributed by atoms with E-state index in [1.54, 1.807) is 13.8 Å². The zero-order chi connectivity index (χ0) is 19.9. The fraction of sp³-hybridized carbons (Fsp3) is 0.200. The average molecular weight is 362 g/mol. The normalized spacial score (nSPS) is 15.2. The number of amides is 1. The molecular formula is C20H18N4O3. The number of H-pyrrole nitrogens is 1. The quantitative estimate of drug-likeness (QED) is 0.800. The summed E-state index contributed by atoms with van der Waals surface area (Å²) in [5.74, 6) is -0.742. The highest BCUT2D eigenvalue weighted by Gasteiger charge is 2.29. The van der Waals surface area contributed by atoms with Crippen LogP contribution in [0.3, 0.4) is 0 Å². The van der Waals surface area contributed by atoms with Crippen molar-refractivity contribution in [3.8, 4) is 11.9 Å². The number of carbonyl (C=O) groups excluding carboxylic acids is 1. The largest absolute Gasteiger partial charge is 0.494 e. The lowest BCUT2D eigenvalue weighted by Crippen LogP contribution is -2.21. The second kappa shape index (κ2) is 6.57. The summed E-state index contributed by atoms with van der Waals surface area (Å²) in [6, 6.07) is 7.43. The van der Waals surface area contributed by atoms with Crippen LogP contribution in [0.15, 0.2) is 33.7 Å². The number of aromatic hydroxyl groups is 1. The van der Waals surface area contributed by atoms with Crippen LogP contribution in [0, 0.1) is 32.1 Å². The van der Waals surface area contributed by atoms with Gasteiger partial charge in [-0.1, -0.05) is 6.07 Å². The number of nitrogens with zero attached hydrogens (tertiary/aromatic N) is 3. The SMILES string of the molecule is CC1=NN(c2ccc(C)c(C)c2)C(=O)/C1=C\c1c(O)[nH]c(=O)c(C#N)c1C. The first-order valence-electron chi connectivity index (χ1n) is 8.29. The second-order valence-electron chi connectivity index (χ2n) is 6.46. The summed E-state index contributed by atoms with van der Waals surface area (Å²) in [5.41, 5.74) is 3.29. The Hall–Kier alpha value is -3.66. The lowest BCUT2D eigenvalue weighted by Gasteiger charge is -2.13. The fourth-order valence-corrected chi connectivity index (χ4v) is 2.89. The van der Waals surface area contributed by atoms with Gasteiger partial charge in [0.25, 0.3) is 11.5 Å². The van der Waals surface area contributed by atoms with E-state index in [-0.39, 0.29) is 22.6 Å². The lowest BCUT2D eigenvalue weighted by atomic mass is 10.0. The Labute approximate surface area is 155 Å². The molecule has 0 spiro atoms. The second-order valence-corrected chi connectivity index (χ2v) is 6.46. The number of anilines is 1. The Balaban J connectivity index is 2.09. The van der Waals surface area contributed by atoms with E-state index in [2.05, 4.69) is 10.1 Å². The first-order chi connectivity index (χ1) is 12.7. The Morgan fingerprint density at radius 3 is 2.52 bits per heavy atom. The zero-order valence-electron chi connectivity index (χ0n) is 15.4. The minimum absolute atomic E-state index is 0.106. The predicted octanol–water partition coefficient (Wildman–Crippen LogP) is 2.68. The molecule has 1 aromatic heterocycles. The standard InChI is InChI=1S/C20H18N4O3/c1-10-5-6-14(7-11(10)2)24-20(27)16(13(4)23-24)8-15-12(3)17(9-21)19(26)22-18(15)25/h5-8H,1-4H3,(H2,22,25,26)/b16-8-. The maximum atomic E-state index is 12.9. The molecule has 0 atom stereocenters. The number of aromatic amines is 1. The summed E-state index contributed by atoms with van der Waals surface area (Å²) in [7, 11) is 0. The molecule has 0 saturated heterocycles. The fourth-order valence-electron chi connectivity index (χ4n) is 2.89. The number of pyridine rings is 1. The summed E-state index contributed by atoms with van der Waals surface area (Å²) in [6.45, 7) is 7.18. The first kappa shape index (κ1) is 18.1. The van der Waals surface area contributed by atoms with Crippen LogP contribution in [0.1, 0.15) is 34.7 Å². The minimum Gasteiger partial charge on any atom is -0.494 e. The maximum Gasteiger partial charge on any atom is 0.280 e. The van der Waals surface area contributed by atoms with Gasteiger partial charge in [0.05, 0.1) is 17.0 Å². The summed E-state index contributed by atoms with van der Waals surface area (Å²) in [5, 5.41) is 24.9. The van der Waals surface area contributed by atoms with Gasteiger partial charge in [-0.25, -0.2) is 0 Å². The van der Waals surface area contributed by atoms with Crippen molar-refractivity contribution in [2.24, 2.45) is 5.10 Å². The van der Waals surface area contributed by atoms with Gasteiger partial charge in [-0.15, -0.1) is 0 Å². The van der Waals surface area contributed by atoms with Crippen molar-refractivity contribution in [2.45, 2.75) is 27.7 Å². The van der Waals surface area contributed by atoms with E-state index in [1.165, 1.54) is 11.1 Å². The Bertz CT molecular complexity index is 1130. The number of carbonyl (C=O) groups is 1. The molecule has 136 valence electrons. The van der Waals surface area contributed by atoms with Gasteiger partial charge >= 0.3 is 0 Å². The maximum absolute atomic E-state index is 12.9. The average Bonchev–Trinajstić information content (AvgIpc) is 2.88. The summed E-state index contributed by atoms with van der Waals surface area (Å²) < 4.78 is 0. The first-order valence-corrected chi connectivity index (χ1v) is 8.29. The topological polar surface area (TPSA) is 110 Å². The summed E-state index contributed by atoms with van der Waals surface area (Å²) in [6.07, 6.45) is 1.45. The molecule has 0 bridgehead atoms. The molecule has 27 heavy (non-hydrogen) atoms. The summed E-state index contributed by atoms with van der Waals surface area (Å²) in [4.78, 5) is 26.9. The van der Waals surface area contributed by atoms with E-state index in [4.69, 9.17) is 5.26 Å². The van der Waals surface area contributed by atoms with Gasteiger partial charge in [0.2, 0.25) is 0 Å². The number of hydrazone groups is 1. The number of hydrogen-bond donors (Lipinski definition) is 2. The van der Waals surface area contributed by atoms with Crippen LogP contribution >= 0.6 is 0 Å². The molecule has 1 aliphatic heterocycles. The van der Waals surface area contributed by atoms with Crippen molar-refractivity contribution in [3.63, 3.8) is 0 Å². The Morgan fingerprint density at radius 2 is 1.89 bits per heavy atom. The van der Waals surface area contributed by atoms with Crippen LogP contribution in [0.2, 0.25) is 0 Å². The minimum atomic E-state index is -0.672. The van der Waals surface area contributed by atoms with Crippen molar-refractivity contribution in [2.75, 3.05) is 5.01 Å². The summed E-state index contributed by atoms with van der Waals surface area (Å²) >= 11 is 0. The molecule has 2 heterocycles. The van der Waals surface area contributed by atoms with Gasteiger partial charge in [-0.2, -0.15) is 15.4 Å². The van der Waals surface area contributed by atoms with Crippen molar-refractivity contribution >= 4 is 23.4 Å². The van der Waals surface area contributed by atoms with Gasteiger partial charge in [-0.05, 0) is 62.6 Å². The number of nitrogens with one attached hydrogen (secondary N) is 1. The van der Waals surface area contributed by atoms with E-state index in [9.17, 15) is 14.7 Å². The number of benzene rings is 1. The molecule has 3 rings (SSSR count). The highest BCUT2D eigenvalue weighted by molar-refractivity contribution is 6.32. The lowest BCUT2D eigenvalue weighted by molar-refractivity contribution is -0.114.